The highest BCUT2D eigenvalue weighted by molar-refractivity contribution is 7.80. The van der Waals surface area contributed by atoms with Crippen LogP contribution < -0.4 is 11.1 Å². The second-order valence-electron chi connectivity index (χ2n) is 5.14. The number of hydrogen-bond donors (Lipinski definition) is 2. The van der Waals surface area contributed by atoms with Gasteiger partial charge in [-0.2, -0.15) is 0 Å². The van der Waals surface area contributed by atoms with Gasteiger partial charge < -0.3 is 11.1 Å². The number of thiazole rings is 1. The largest absolute Gasteiger partial charge is 0.392 e. The zero-order valence-electron chi connectivity index (χ0n) is 10.9. The van der Waals surface area contributed by atoms with Crippen LogP contribution in [0.2, 0.25) is 0 Å². The Labute approximate surface area is 126 Å². The van der Waals surface area contributed by atoms with E-state index < -0.39 is 5.41 Å². The Morgan fingerprint density at radius 1 is 1.40 bits per heavy atom. The van der Waals surface area contributed by atoms with E-state index in [2.05, 4.69) is 10.3 Å². The second-order valence-corrected chi connectivity index (χ2v) is 6.47. The number of nitrogens with two attached hydrogens (primary N) is 1. The lowest BCUT2D eigenvalue weighted by Gasteiger charge is -2.26. The first-order chi connectivity index (χ1) is 9.62. The molecule has 0 radical (unpaired) electrons. The van der Waals surface area contributed by atoms with Crippen LogP contribution in [0.1, 0.15) is 25.7 Å². The van der Waals surface area contributed by atoms with Crippen LogP contribution in [0.3, 0.4) is 0 Å². The number of nitrogens with one attached hydrogen (secondary N) is 1. The average Bonchev–Trinajstić information content (AvgIpc) is 3.07. The van der Waals surface area contributed by atoms with E-state index in [1.807, 2.05) is 18.2 Å². The Morgan fingerprint density at radius 2 is 2.15 bits per heavy atom. The molecular formula is C14H15N3OS2. The van der Waals surface area contributed by atoms with Crippen LogP contribution >= 0.6 is 23.6 Å². The SMILES string of the molecule is NC(=S)C1(C(=O)Nc2ccc3ncsc3c2)CCCC1. The molecule has 0 unspecified atom stereocenters. The standard InChI is InChI=1S/C14H15N3OS2/c15-12(19)14(5-1-2-6-14)13(18)17-9-3-4-10-11(7-9)20-8-16-10/h3-4,7-8H,1-2,5-6H2,(H2,15,19)(H,17,18). The molecule has 1 heterocycles. The molecule has 1 fully saturated rings. The minimum Gasteiger partial charge on any atom is -0.392 e. The number of benzene rings is 1. The summed E-state index contributed by atoms with van der Waals surface area (Å²) in [5, 5.41) is 2.96. The van der Waals surface area contributed by atoms with Crippen molar-refractivity contribution in [3.05, 3.63) is 23.7 Å². The Kier molecular flexibility index (Phi) is 3.43. The summed E-state index contributed by atoms with van der Waals surface area (Å²) in [6, 6.07) is 5.71. The van der Waals surface area contributed by atoms with Gasteiger partial charge in [-0.05, 0) is 31.0 Å². The highest BCUT2D eigenvalue weighted by Crippen LogP contribution is 2.39. The Balaban J connectivity index is 1.85. The lowest BCUT2D eigenvalue weighted by atomic mass is 9.85. The minimum atomic E-state index is -0.669. The molecule has 20 heavy (non-hydrogen) atoms. The average molecular weight is 305 g/mol. The van der Waals surface area contributed by atoms with Crippen LogP contribution in [0.5, 0.6) is 0 Å². The third-order valence-corrected chi connectivity index (χ3v) is 5.14. The number of amides is 1. The molecular weight excluding hydrogens is 290 g/mol. The fourth-order valence-corrected chi connectivity index (χ4v) is 3.76. The topological polar surface area (TPSA) is 68.0 Å². The van der Waals surface area contributed by atoms with Crippen molar-refractivity contribution in [2.24, 2.45) is 11.1 Å². The predicted octanol–water partition coefficient (Wildman–Crippen LogP) is 3.08. The van der Waals surface area contributed by atoms with Crippen molar-refractivity contribution in [3.8, 4) is 0 Å². The van der Waals surface area contributed by atoms with Crippen molar-refractivity contribution in [2.75, 3.05) is 5.32 Å². The van der Waals surface area contributed by atoms with Crippen LogP contribution in [0, 0.1) is 5.41 Å². The Hall–Kier alpha value is -1.53. The van der Waals surface area contributed by atoms with E-state index in [9.17, 15) is 4.79 Å². The van der Waals surface area contributed by atoms with Crippen molar-refractivity contribution in [1.82, 2.24) is 4.98 Å². The van der Waals surface area contributed by atoms with Crippen LogP contribution in [0.4, 0.5) is 5.69 Å². The zero-order chi connectivity index (χ0) is 14.2. The summed E-state index contributed by atoms with van der Waals surface area (Å²) in [7, 11) is 0. The van der Waals surface area contributed by atoms with Crippen LogP contribution in [-0.4, -0.2) is 15.9 Å². The van der Waals surface area contributed by atoms with Gasteiger partial charge in [-0.25, -0.2) is 4.98 Å². The van der Waals surface area contributed by atoms with Crippen molar-refractivity contribution < 1.29 is 4.79 Å². The summed E-state index contributed by atoms with van der Waals surface area (Å²) in [6.45, 7) is 0. The molecule has 1 aromatic heterocycles. The van der Waals surface area contributed by atoms with Crippen molar-refractivity contribution in [3.63, 3.8) is 0 Å². The number of fused-ring (bicyclic) bond motifs is 1. The van der Waals surface area contributed by atoms with E-state index in [4.69, 9.17) is 18.0 Å². The molecule has 1 amide bonds. The first kappa shape index (κ1) is 13.5. The first-order valence-electron chi connectivity index (χ1n) is 6.56. The number of thiocarbonyl (C=S) groups is 1. The van der Waals surface area contributed by atoms with Gasteiger partial charge >= 0.3 is 0 Å². The molecule has 1 aliphatic carbocycles. The number of anilines is 1. The number of rotatable bonds is 3. The summed E-state index contributed by atoms with van der Waals surface area (Å²) in [5.74, 6) is -0.0774. The summed E-state index contributed by atoms with van der Waals surface area (Å²) in [4.78, 5) is 17.1. The van der Waals surface area contributed by atoms with Gasteiger partial charge in [0.05, 0.1) is 26.1 Å². The lowest BCUT2D eigenvalue weighted by molar-refractivity contribution is -0.122. The normalized spacial score (nSPS) is 17.2. The van der Waals surface area contributed by atoms with Gasteiger partial charge in [0, 0.05) is 5.69 Å². The van der Waals surface area contributed by atoms with E-state index >= 15 is 0 Å². The predicted molar refractivity (Wildman–Crippen MR) is 85.9 cm³/mol. The third kappa shape index (κ3) is 2.19. The van der Waals surface area contributed by atoms with Crippen LogP contribution in [0.15, 0.2) is 23.7 Å². The molecule has 4 nitrogen and oxygen atoms in total. The molecule has 6 heteroatoms. The molecule has 1 aromatic carbocycles. The molecule has 0 aliphatic heterocycles. The van der Waals surface area contributed by atoms with Gasteiger partial charge in [0.25, 0.3) is 0 Å². The molecule has 0 bridgehead atoms. The Morgan fingerprint density at radius 3 is 2.85 bits per heavy atom. The molecule has 3 N–H and O–H groups in total. The van der Waals surface area contributed by atoms with Crippen molar-refractivity contribution in [2.45, 2.75) is 25.7 Å². The summed E-state index contributed by atoms with van der Waals surface area (Å²) in [5.41, 5.74) is 8.67. The number of hydrogen-bond acceptors (Lipinski definition) is 4. The molecule has 3 rings (SSSR count). The highest BCUT2D eigenvalue weighted by atomic mass is 32.1. The van der Waals surface area contributed by atoms with E-state index in [1.54, 1.807) is 16.8 Å². The quantitative estimate of drug-likeness (QED) is 0.855. The molecule has 1 saturated carbocycles. The number of nitrogens with zero attached hydrogens (tertiary/aromatic N) is 1. The monoisotopic (exact) mass is 305 g/mol. The zero-order valence-corrected chi connectivity index (χ0v) is 12.5. The van der Waals surface area contributed by atoms with Gasteiger partial charge in [0.15, 0.2) is 0 Å². The fourth-order valence-electron chi connectivity index (χ4n) is 2.75. The lowest BCUT2D eigenvalue weighted by Crippen LogP contribution is -2.43. The molecule has 0 saturated heterocycles. The van der Waals surface area contributed by atoms with Crippen LogP contribution in [-0.2, 0) is 4.79 Å². The van der Waals surface area contributed by atoms with Crippen LogP contribution in [0.25, 0.3) is 10.2 Å². The van der Waals surface area contributed by atoms with Gasteiger partial charge in [-0.15, -0.1) is 11.3 Å². The first-order valence-corrected chi connectivity index (χ1v) is 7.85. The smallest absolute Gasteiger partial charge is 0.237 e. The number of carbonyl (C=O) groups is 1. The summed E-state index contributed by atoms with van der Waals surface area (Å²) in [6.07, 6.45) is 3.49. The maximum Gasteiger partial charge on any atom is 0.237 e. The maximum absolute atomic E-state index is 12.6. The summed E-state index contributed by atoms with van der Waals surface area (Å²) < 4.78 is 1.05. The van der Waals surface area contributed by atoms with Crippen molar-refractivity contribution >= 4 is 50.4 Å². The molecule has 2 aromatic rings. The summed E-state index contributed by atoms with van der Waals surface area (Å²) >= 11 is 6.69. The van der Waals surface area contributed by atoms with Crippen molar-refractivity contribution in [1.29, 1.82) is 0 Å². The van der Waals surface area contributed by atoms with E-state index in [1.165, 1.54) is 0 Å². The van der Waals surface area contributed by atoms with Gasteiger partial charge in [0.1, 0.15) is 0 Å². The fraction of sp³-hybridized carbons (Fsp3) is 0.357. The van der Waals surface area contributed by atoms with E-state index in [0.717, 1.165) is 41.6 Å². The molecule has 104 valence electrons. The maximum atomic E-state index is 12.6. The highest BCUT2D eigenvalue weighted by Gasteiger charge is 2.43. The van der Waals surface area contributed by atoms with Gasteiger partial charge in [0.2, 0.25) is 5.91 Å². The van der Waals surface area contributed by atoms with E-state index in [-0.39, 0.29) is 5.91 Å². The van der Waals surface area contributed by atoms with Gasteiger partial charge in [-0.3, -0.25) is 4.79 Å². The number of carbonyl (C=O) groups excluding carboxylic acids is 1. The Bertz CT molecular complexity index is 674. The molecule has 0 spiro atoms. The number of aromatic nitrogens is 1. The van der Waals surface area contributed by atoms with E-state index in [0.29, 0.717) is 4.99 Å². The van der Waals surface area contributed by atoms with Gasteiger partial charge in [-0.1, -0.05) is 25.1 Å². The minimum absolute atomic E-state index is 0.0774. The molecule has 1 aliphatic rings. The molecule has 0 atom stereocenters. The second kappa shape index (κ2) is 5.10. The third-order valence-electron chi connectivity index (χ3n) is 3.95.